The second-order valence-corrected chi connectivity index (χ2v) is 12.6. The van der Waals surface area contributed by atoms with Gasteiger partial charge in [-0.2, -0.15) is 0 Å². The third-order valence-electron chi connectivity index (χ3n) is 9.30. The van der Waals surface area contributed by atoms with E-state index in [0.717, 1.165) is 5.56 Å². The SMILES string of the molecule is O=C(C[C@H](NC(=O)[C@@H]1C[C@@H](NC(=O)c2ccc3c(c2)B(O)OC3)CN1C(=O)c1ccc2c(c1)B(O)OC2)c1cccnc1)ON1C(=O)CCC1=O. The van der Waals surface area contributed by atoms with E-state index < -0.39 is 74.3 Å². The first kappa shape index (κ1) is 34.0. The Morgan fingerprint density at radius 1 is 0.941 bits per heavy atom. The van der Waals surface area contributed by atoms with E-state index in [-0.39, 0.29) is 50.1 Å². The molecule has 18 heteroatoms. The maximum atomic E-state index is 14.1. The van der Waals surface area contributed by atoms with Crippen LogP contribution >= 0.6 is 0 Å². The van der Waals surface area contributed by atoms with Crippen molar-refractivity contribution in [1.29, 1.82) is 0 Å². The molecule has 1 aromatic heterocycles. The van der Waals surface area contributed by atoms with Crippen LogP contribution in [-0.4, -0.2) is 93.4 Å². The molecule has 2 saturated heterocycles. The number of benzene rings is 2. The molecule has 260 valence electrons. The van der Waals surface area contributed by atoms with Crippen LogP contribution in [0.4, 0.5) is 0 Å². The molecular weight excluding hydrogens is 664 g/mol. The van der Waals surface area contributed by atoms with Gasteiger partial charge in [0.25, 0.3) is 23.6 Å². The summed E-state index contributed by atoms with van der Waals surface area (Å²) >= 11 is 0. The molecule has 16 nitrogen and oxygen atoms in total. The molecule has 0 unspecified atom stereocenters. The van der Waals surface area contributed by atoms with Crippen molar-refractivity contribution in [3.63, 3.8) is 0 Å². The third kappa shape index (κ3) is 6.98. The van der Waals surface area contributed by atoms with Crippen molar-refractivity contribution < 1.29 is 53.0 Å². The van der Waals surface area contributed by atoms with E-state index >= 15 is 0 Å². The molecule has 7 rings (SSSR count). The van der Waals surface area contributed by atoms with Crippen LogP contribution in [0.25, 0.3) is 0 Å². The van der Waals surface area contributed by atoms with Crippen LogP contribution in [0.1, 0.15) is 69.1 Å². The minimum atomic E-state index is -1.21. The predicted molar refractivity (Wildman–Crippen MR) is 175 cm³/mol. The van der Waals surface area contributed by atoms with Gasteiger partial charge in [-0.1, -0.05) is 18.2 Å². The Hall–Kier alpha value is -5.42. The minimum absolute atomic E-state index is 0.00233. The number of carbonyl (C=O) groups excluding carboxylic acids is 6. The molecule has 4 aliphatic heterocycles. The van der Waals surface area contributed by atoms with Gasteiger partial charge in [-0.25, -0.2) is 4.79 Å². The second-order valence-electron chi connectivity index (χ2n) is 12.6. The maximum Gasteiger partial charge on any atom is 0.491 e. The van der Waals surface area contributed by atoms with Crippen LogP contribution in [0.3, 0.4) is 0 Å². The molecule has 2 aromatic carbocycles. The fourth-order valence-corrected chi connectivity index (χ4v) is 6.62. The number of imide groups is 1. The summed E-state index contributed by atoms with van der Waals surface area (Å²) in [6, 6.07) is 9.90. The van der Waals surface area contributed by atoms with Crippen molar-refractivity contribution in [2.45, 2.75) is 57.0 Å². The number of hydroxylamine groups is 2. The smallest absolute Gasteiger partial charge is 0.423 e. The van der Waals surface area contributed by atoms with Gasteiger partial charge in [0.2, 0.25) is 5.91 Å². The topological polar surface area (TPSA) is 214 Å². The van der Waals surface area contributed by atoms with Crippen molar-refractivity contribution in [3.8, 4) is 0 Å². The van der Waals surface area contributed by atoms with Gasteiger partial charge in [0.05, 0.1) is 25.7 Å². The lowest BCUT2D eigenvalue weighted by molar-refractivity contribution is -0.197. The van der Waals surface area contributed by atoms with Gasteiger partial charge in [-0.3, -0.25) is 29.0 Å². The number of rotatable bonds is 9. The first-order valence-electron chi connectivity index (χ1n) is 16.3. The van der Waals surface area contributed by atoms with Gasteiger partial charge in [-0.15, -0.1) is 5.06 Å². The predicted octanol–water partition coefficient (Wildman–Crippen LogP) is -1.62. The van der Waals surface area contributed by atoms with Crippen molar-refractivity contribution >= 4 is 60.7 Å². The molecular formula is C33H31B2N5O11. The molecule has 0 saturated carbocycles. The van der Waals surface area contributed by atoms with Crippen LogP contribution in [0.15, 0.2) is 60.9 Å². The molecule has 0 bridgehead atoms. The van der Waals surface area contributed by atoms with Crippen LogP contribution in [0.5, 0.6) is 0 Å². The summed E-state index contributed by atoms with van der Waals surface area (Å²) in [7, 11) is -2.36. The van der Waals surface area contributed by atoms with E-state index in [1.54, 1.807) is 36.4 Å². The second kappa shape index (κ2) is 14.1. The summed E-state index contributed by atoms with van der Waals surface area (Å²) in [6.45, 7) is 0.333. The van der Waals surface area contributed by atoms with Crippen molar-refractivity contribution in [1.82, 2.24) is 25.6 Å². The minimum Gasteiger partial charge on any atom is -0.423 e. The monoisotopic (exact) mass is 695 g/mol. The molecule has 51 heavy (non-hydrogen) atoms. The molecule has 0 aliphatic carbocycles. The summed E-state index contributed by atoms with van der Waals surface area (Å²) in [5.41, 5.74) is 3.23. The maximum absolute atomic E-state index is 14.1. The number of carbonyl (C=O) groups is 6. The summed E-state index contributed by atoms with van der Waals surface area (Å²) in [5.74, 6) is -3.96. The van der Waals surface area contributed by atoms with E-state index in [4.69, 9.17) is 14.1 Å². The Labute approximate surface area is 291 Å². The fraction of sp³-hybridized carbons (Fsp3) is 0.303. The quantitative estimate of drug-likeness (QED) is 0.147. The van der Waals surface area contributed by atoms with Crippen molar-refractivity contribution in [3.05, 3.63) is 88.7 Å². The largest absolute Gasteiger partial charge is 0.491 e. The van der Waals surface area contributed by atoms with E-state index in [9.17, 15) is 38.8 Å². The number of aromatic nitrogens is 1. The Balaban J connectivity index is 1.13. The van der Waals surface area contributed by atoms with E-state index in [1.807, 2.05) is 0 Å². The van der Waals surface area contributed by atoms with Crippen molar-refractivity contribution in [2.75, 3.05) is 6.54 Å². The highest BCUT2D eigenvalue weighted by Gasteiger charge is 2.42. The molecule has 4 aliphatic rings. The molecule has 0 radical (unpaired) electrons. The van der Waals surface area contributed by atoms with Crippen LogP contribution in [0, 0.1) is 0 Å². The highest BCUT2D eigenvalue weighted by atomic mass is 16.7. The lowest BCUT2D eigenvalue weighted by atomic mass is 9.78. The number of hydrogen-bond donors (Lipinski definition) is 4. The van der Waals surface area contributed by atoms with E-state index in [2.05, 4.69) is 15.6 Å². The normalized spacial score (nSPS) is 20.0. The number of nitrogens with zero attached hydrogens (tertiary/aromatic N) is 3. The highest BCUT2D eigenvalue weighted by Crippen LogP contribution is 2.26. The zero-order chi connectivity index (χ0) is 35.8. The van der Waals surface area contributed by atoms with Crippen LogP contribution in [0.2, 0.25) is 0 Å². The zero-order valence-corrected chi connectivity index (χ0v) is 27.0. The molecule has 3 atom stereocenters. The molecule has 3 aromatic rings. The zero-order valence-electron chi connectivity index (χ0n) is 27.0. The molecule has 0 spiro atoms. The average Bonchev–Trinajstić information content (AvgIpc) is 3.91. The molecule has 2 fully saturated rings. The van der Waals surface area contributed by atoms with E-state index in [1.165, 1.54) is 29.4 Å². The number of pyridine rings is 1. The summed E-state index contributed by atoms with van der Waals surface area (Å²) < 4.78 is 10.5. The Morgan fingerprint density at radius 3 is 2.24 bits per heavy atom. The summed E-state index contributed by atoms with van der Waals surface area (Å²) in [6.07, 6.45) is 2.28. The number of nitrogens with one attached hydrogen (secondary N) is 2. The lowest BCUT2D eigenvalue weighted by Crippen LogP contribution is -2.47. The van der Waals surface area contributed by atoms with Gasteiger partial charge in [0.15, 0.2) is 0 Å². The first-order valence-corrected chi connectivity index (χ1v) is 16.3. The number of amides is 5. The molecule has 5 amide bonds. The van der Waals surface area contributed by atoms with Crippen LogP contribution in [-0.2, 0) is 46.5 Å². The number of hydrogen-bond acceptors (Lipinski definition) is 12. The Morgan fingerprint density at radius 2 is 1.59 bits per heavy atom. The van der Waals surface area contributed by atoms with Gasteiger partial charge in [0.1, 0.15) is 6.04 Å². The summed E-state index contributed by atoms with van der Waals surface area (Å²) in [4.78, 5) is 89.0. The average molecular weight is 695 g/mol. The standard InChI is InChI=1S/C33H31B2N5O11/c41-28-7-8-29(42)40(28)51-30(43)13-26(20-2-1-9-36-14-20)38-32(45)27-12-23(37-31(44)18-3-5-21-16-49-34(47)24(21)10-18)15-39(27)33(46)19-4-6-22-17-50-35(48)25(22)11-19/h1-6,9-11,14,23,26-27,47-48H,7-8,12-13,15-17H2,(H,37,44)(H,38,45)/t23-,26+,27+/m1/s1. The summed E-state index contributed by atoms with van der Waals surface area (Å²) in [5, 5.41) is 26.5. The molecule has 5 heterocycles. The van der Waals surface area contributed by atoms with Crippen LogP contribution < -0.4 is 21.6 Å². The van der Waals surface area contributed by atoms with Gasteiger partial charge in [0, 0.05) is 48.9 Å². The Bertz CT molecular complexity index is 1920. The van der Waals surface area contributed by atoms with E-state index in [0.29, 0.717) is 27.1 Å². The Kier molecular flexibility index (Phi) is 9.39. The fourth-order valence-electron chi connectivity index (χ4n) is 6.62. The third-order valence-corrected chi connectivity index (χ3v) is 9.30. The highest BCUT2D eigenvalue weighted by molar-refractivity contribution is 6.62. The van der Waals surface area contributed by atoms with Gasteiger partial charge >= 0.3 is 20.2 Å². The van der Waals surface area contributed by atoms with Gasteiger partial charge in [-0.05, 0) is 64.4 Å². The number of likely N-dealkylation sites (tertiary alicyclic amines) is 1. The lowest BCUT2D eigenvalue weighted by Gasteiger charge is -2.27. The van der Waals surface area contributed by atoms with Gasteiger partial charge < -0.3 is 39.7 Å². The first-order chi connectivity index (χ1) is 24.5. The number of fused-ring (bicyclic) bond motifs is 2. The van der Waals surface area contributed by atoms with Crippen molar-refractivity contribution in [2.24, 2.45) is 0 Å². The molecule has 4 N–H and O–H groups in total.